The molecule has 1 amide bonds. The van der Waals surface area contributed by atoms with Crippen molar-refractivity contribution in [2.75, 3.05) is 45.3 Å². The van der Waals surface area contributed by atoms with Crippen LogP contribution in [0.1, 0.15) is 17.8 Å². The van der Waals surface area contributed by atoms with Crippen LogP contribution in [0.15, 0.2) is 30.3 Å². The van der Waals surface area contributed by atoms with Crippen LogP contribution in [-0.4, -0.2) is 75.5 Å². The van der Waals surface area contributed by atoms with Crippen molar-refractivity contribution < 1.29 is 14.3 Å². The fourth-order valence-corrected chi connectivity index (χ4v) is 3.76. The molecule has 31 heavy (non-hydrogen) atoms. The molecule has 10 nitrogen and oxygen atoms in total. The Morgan fingerprint density at radius 2 is 1.90 bits per heavy atom. The summed E-state index contributed by atoms with van der Waals surface area (Å²) < 4.78 is 12.5. The van der Waals surface area contributed by atoms with Crippen LogP contribution < -0.4 is 14.8 Å². The number of piperazine rings is 1. The van der Waals surface area contributed by atoms with Crippen LogP contribution in [0.5, 0.6) is 11.5 Å². The smallest absolute Gasteiger partial charge is 0.231 e. The summed E-state index contributed by atoms with van der Waals surface area (Å²) >= 11 is 0. The Morgan fingerprint density at radius 1 is 1.06 bits per heavy atom. The van der Waals surface area contributed by atoms with Crippen LogP contribution in [0.4, 0.5) is 5.82 Å². The van der Waals surface area contributed by atoms with Crippen LogP contribution in [0.2, 0.25) is 0 Å². The van der Waals surface area contributed by atoms with E-state index in [9.17, 15) is 4.79 Å². The quantitative estimate of drug-likeness (QED) is 0.631. The number of nitrogens with zero attached hydrogens (tertiary/aromatic N) is 6. The number of aromatic nitrogens is 4. The molecule has 0 unspecified atom stereocenters. The molecule has 0 bridgehead atoms. The van der Waals surface area contributed by atoms with Gasteiger partial charge in [0, 0.05) is 45.6 Å². The average Bonchev–Trinajstić information content (AvgIpc) is 3.42. The van der Waals surface area contributed by atoms with Crippen molar-refractivity contribution in [3.63, 3.8) is 0 Å². The number of benzene rings is 1. The molecule has 2 aliphatic heterocycles. The van der Waals surface area contributed by atoms with Crippen molar-refractivity contribution in [1.29, 1.82) is 0 Å². The van der Waals surface area contributed by atoms with Gasteiger partial charge in [-0.2, -0.15) is 4.52 Å². The van der Waals surface area contributed by atoms with Gasteiger partial charge >= 0.3 is 0 Å². The first kappa shape index (κ1) is 19.6. The topological polar surface area (TPSA) is 97.1 Å². The molecular formula is C21H25N7O3. The third-order valence-electron chi connectivity index (χ3n) is 5.66. The van der Waals surface area contributed by atoms with E-state index in [1.807, 2.05) is 35.2 Å². The minimum atomic E-state index is 0.155. The fourth-order valence-electron chi connectivity index (χ4n) is 3.76. The molecule has 5 rings (SSSR count). The zero-order chi connectivity index (χ0) is 21.2. The molecule has 0 aliphatic carbocycles. The summed E-state index contributed by atoms with van der Waals surface area (Å²) in [5.41, 5.74) is 1.73. The van der Waals surface area contributed by atoms with Gasteiger partial charge in [0.05, 0.1) is 0 Å². The van der Waals surface area contributed by atoms with Gasteiger partial charge in [-0.25, -0.2) is 0 Å². The van der Waals surface area contributed by atoms with E-state index >= 15 is 0 Å². The van der Waals surface area contributed by atoms with Gasteiger partial charge < -0.3 is 24.6 Å². The zero-order valence-electron chi connectivity index (χ0n) is 17.5. The van der Waals surface area contributed by atoms with Crippen LogP contribution in [0, 0.1) is 0 Å². The number of likely N-dealkylation sites (N-methyl/N-ethyl adjacent to an activating group) is 1. The second-order valence-corrected chi connectivity index (χ2v) is 7.83. The monoisotopic (exact) mass is 423 g/mol. The van der Waals surface area contributed by atoms with E-state index in [2.05, 4.69) is 32.6 Å². The first-order chi connectivity index (χ1) is 15.2. The Balaban J connectivity index is 1.22. The molecule has 0 atom stereocenters. The number of nitrogens with one attached hydrogen (secondary N) is 1. The van der Waals surface area contributed by atoms with Gasteiger partial charge in [0.2, 0.25) is 12.7 Å². The molecule has 2 aromatic heterocycles. The molecule has 4 heterocycles. The number of amides is 1. The predicted octanol–water partition coefficient (Wildman–Crippen LogP) is 1.17. The van der Waals surface area contributed by atoms with E-state index < -0.39 is 0 Å². The predicted molar refractivity (Wildman–Crippen MR) is 113 cm³/mol. The van der Waals surface area contributed by atoms with Crippen LogP contribution >= 0.6 is 0 Å². The van der Waals surface area contributed by atoms with Crippen molar-refractivity contribution in [2.45, 2.75) is 19.4 Å². The van der Waals surface area contributed by atoms with E-state index in [-0.39, 0.29) is 12.7 Å². The second kappa shape index (κ2) is 8.38. The standard InChI is InChI=1S/C21H25N7O3/c1-26-8-10-27(11-9-26)21(29)7-6-20-24-23-19-5-4-18(25-28(19)20)22-13-15-2-3-16-17(12-15)31-14-30-16/h2-5,12H,6-11,13-14H2,1H3,(H,22,25). The third kappa shape index (κ3) is 4.24. The minimum Gasteiger partial charge on any atom is -0.454 e. The lowest BCUT2D eigenvalue weighted by atomic mass is 10.2. The molecule has 2 aliphatic rings. The number of hydrogen-bond donors (Lipinski definition) is 1. The molecule has 1 aromatic carbocycles. The third-order valence-corrected chi connectivity index (χ3v) is 5.66. The van der Waals surface area contributed by atoms with Gasteiger partial charge in [-0.05, 0) is 36.9 Å². The van der Waals surface area contributed by atoms with Crippen molar-refractivity contribution in [1.82, 2.24) is 29.6 Å². The highest BCUT2D eigenvalue weighted by Crippen LogP contribution is 2.32. The largest absolute Gasteiger partial charge is 0.454 e. The van der Waals surface area contributed by atoms with E-state index in [0.717, 1.165) is 43.2 Å². The normalized spacial score (nSPS) is 16.1. The Kier molecular flexibility index (Phi) is 5.29. The highest BCUT2D eigenvalue weighted by atomic mass is 16.7. The number of carbonyl (C=O) groups excluding carboxylic acids is 1. The maximum atomic E-state index is 12.5. The molecule has 1 saturated heterocycles. The summed E-state index contributed by atoms with van der Waals surface area (Å²) in [7, 11) is 2.08. The lowest BCUT2D eigenvalue weighted by molar-refractivity contribution is -0.132. The Hall–Kier alpha value is -3.40. The lowest BCUT2D eigenvalue weighted by Gasteiger charge is -2.32. The van der Waals surface area contributed by atoms with Gasteiger partial charge in [-0.15, -0.1) is 15.3 Å². The van der Waals surface area contributed by atoms with Crippen molar-refractivity contribution in [3.05, 3.63) is 41.7 Å². The average molecular weight is 423 g/mol. The summed E-state index contributed by atoms with van der Waals surface area (Å²) in [4.78, 5) is 16.7. The van der Waals surface area contributed by atoms with Gasteiger partial charge in [-0.3, -0.25) is 4.79 Å². The first-order valence-corrected chi connectivity index (χ1v) is 10.5. The molecule has 1 N–H and O–H groups in total. The molecule has 0 saturated carbocycles. The van der Waals surface area contributed by atoms with E-state index in [4.69, 9.17) is 9.47 Å². The van der Waals surface area contributed by atoms with Gasteiger partial charge in [0.25, 0.3) is 0 Å². The number of ether oxygens (including phenoxy) is 2. The van der Waals surface area contributed by atoms with Crippen molar-refractivity contribution in [2.24, 2.45) is 0 Å². The minimum absolute atomic E-state index is 0.155. The van der Waals surface area contributed by atoms with Crippen LogP contribution in [0.3, 0.4) is 0 Å². The number of fused-ring (bicyclic) bond motifs is 2. The van der Waals surface area contributed by atoms with E-state index in [1.54, 1.807) is 4.52 Å². The number of anilines is 1. The van der Waals surface area contributed by atoms with Crippen LogP contribution in [-0.2, 0) is 17.8 Å². The highest BCUT2D eigenvalue weighted by Gasteiger charge is 2.20. The van der Waals surface area contributed by atoms with Crippen molar-refractivity contribution >= 4 is 17.4 Å². The van der Waals surface area contributed by atoms with Gasteiger partial charge in [0.1, 0.15) is 5.82 Å². The number of rotatable bonds is 6. The Bertz CT molecular complexity index is 1090. The van der Waals surface area contributed by atoms with Gasteiger partial charge in [-0.1, -0.05) is 6.07 Å². The first-order valence-electron chi connectivity index (χ1n) is 10.5. The Labute approximate surface area is 179 Å². The summed E-state index contributed by atoms with van der Waals surface area (Å²) in [6.45, 7) is 4.25. The summed E-state index contributed by atoms with van der Waals surface area (Å²) in [5, 5.41) is 16.3. The molecule has 162 valence electrons. The Morgan fingerprint density at radius 3 is 2.77 bits per heavy atom. The summed E-state index contributed by atoms with van der Waals surface area (Å²) in [5.74, 6) is 3.07. The highest BCUT2D eigenvalue weighted by molar-refractivity contribution is 5.76. The maximum absolute atomic E-state index is 12.5. The molecule has 1 fully saturated rings. The number of carbonyl (C=O) groups is 1. The molecule has 0 spiro atoms. The summed E-state index contributed by atoms with van der Waals surface area (Å²) in [6, 6.07) is 9.60. The van der Waals surface area contributed by atoms with E-state index in [1.165, 1.54) is 0 Å². The second-order valence-electron chi connectivity index (χ2n) is 7.83. The zero-order valence-corrected chi connectivity index (χ0v) is 17.5. The SMILES string of the molecule is CN1CCN(C(=O)CCc2nnc3ccc(NCc4ccc5c(c4)OCO5)nn23)CC1. The molecule has 3 aromatic rings. The lowest BCUT2D eigenvalue weighted by Crippen LogP contribution is -2.47. The molecule has 10 heteroatoms. The van der Waals surface area contributed by atoms with Crippen molar-refractivity contribution in [3.8, 4) is 11.5 Å². The van der Waals surface area contributed by atoms with Gasteiger partial charge in [0.15, 0.2) is 23.0 Å². The number of aryl methyl sites for hydroxylation is 1. The van der Waals surface area contributed by atoms with Crippen LogP contribution in [0.25, 0.3) is 5.65 Å². The maximum Gasteiger partial charge on any atom is 0.231 e. The van der Waals surface area contributed by atoms with E-state index in [0.29, 0.717) is 36.7 Å². The number of hydrogen-bond acceptors (Lipinski definition) is 8. The fraction of sp³-hybridized carbons (Fsp3) is 0.429. The summed E-state index contributed by atoms with van der Waals surface area (Å²) in [6.07, 6.45) is 0.909. The molecular weight excluding hydrogens is 398 g/mol. The molecule has 0 radical (unpaired) electrons.